The van der Waals surface area contributed by atoms with Crippen LogP contribution in [0.3, 0.4) is 0 Å². The number of benzene rings is 2. The van der Waals surface area contributed by atoms with Gasteiger partial charge in [0.1, 0.15) is 0 Å². The van der Waals surface area contributed by atoms with E-state index in [1.165, 1.54) is 22.3 Å². The minimum Gasteiger partial charge on any atom is -0.313 e. The van der Waals surface area contributed by atoms with Gasteiger partial charge in [-0.25, -0.2) is 0 Å². The molecule has 1 heteroatoms. The first-order valence-corrected chi connectivity index (χ1v) is 7.96. The summed E-state index contributed by atoms with van der Waals surface area (Å²) in [5, 5.41) is 3.66. The second kappa shape index (κ2) is 7.42. The van der Waals surface area contributed by atoms with Crippen LogP contribution in [0.1, 0.15) is 42.0 Å². The molecule has 0 saturated heterocycles. The molecule has 0 heterocycles. The lowest BCUT2D eigenvalue weighted by molar-refractivity contribution is 0.458. The quantitative estimate of drug-likeness (QED) is 0.814. The lowest BCUT2D eigenvalue weighted by Crippen LogP contribution is -2.35. The second-order valence-corrected chi connectivity index (χ2v) is 5.99. The Kier molecular flexibility index (Phi) is 5.58. The van der Waals surface area contributed by atoms with Crippen molar-refractivity contribution in [3.63, 3.8) is 0 Å². The van der Waals surface area contributed by atoms with Crippen molar-refractivity contribution >= 4 is 0 Å². The molecule has 0 saturated carbocycles. The highest BCUT2D eigenvalue weighted by Crippen LogP contribution is 2.22. The van der Waals surface area contributed by atoms with Crippen LogP contribution in [0.15, 0.2) is 48.5 Å². The maximum absolute atomic E-state index is 3.66. The Morgan fingerprint density at radius 2 is 1.67 bits per heavy atom. The van der Waals surface area contributed by atoms with E-state index in [0.717, 1.165) is 13.0 Å². The smallest absolute Gasteiger partial charge is 0.0173 e. The van der Waals surface area contributed by atoms with Crippen LogP contribution in [0.5, 0.6) is 0 Å². The van der Waals surface area contributed by atoms with Gasteiger partial charge in [0.05, 0.1) is 0 Å². The Balaban J connectivity index is 2.16. The van der Waals surface area contributed by atoms with E-state index in [-0.39, 0.29) is 0 Å². The monoisotopic (exact) mass is 281 g/mol. The Morgan fingerprint density at radius 3 is 2.29 bits per heavy atom. The Morgan fingerprint density at radius 1 is 0.952 bits per heavy atom. The van der Waals surface area contributed by atoms with Gasteiger partial charge in [-0.3, -0.25) is 0 Å². The van der Waals surface area contributed by atoms with Gasteiger partial charge in [-0.1, -0.05) is 62.4 Å². The fourth-order valence-electron chi connectivity index (χ4n) is 2.86. The van der Waals surface area contributed by atoms with Crippen LogP contribution in [0.4, 0.5) is 0 Å². The summed E-state index contributed by atoms with van der Waals surface area (Å²) in [6.07, 6.45) is 1.07. The second-order valence-electron chi connectivity index (χ2n) is 5.99. The van der Waals surface area contributed by atoms with Gasteiger partial charge in [-0.05, 0) is 55.0 Å². The molecular formula is C20H27N. The number of hydrogen-bond acceptors (Lipinski definition) is 1. The summed E-state index contributed by atoms with van der Waals surface area (Å²) in [5.74, 6) is 0.507. The van der Waals surface area contributed by atoms with Gasteiger partial charge in [0.15, 0.2) is 0 Å². The van der Waals surface area contributed by atoms with E-state index in [2.05, 4.69) is 81.5 Å². The van der Waals surface area contributed by atoms with E-state index in [1.54, 1.807) is 0 Å². The normalized spacial score (nSPS) is 13.9. The van der Waals surface area contributed by atoms with E-state index < -0.39 is 0 Å². The maximum Gasteiger partial charge on any atom is 0.0173 e. The molecule has 0 bridgehead atoms. The first-order valence-electron chi connectivity index (χ1n) is 7.96. The minimum absolute atomic E-state index is 0.472. The molecule has 112 valence electrons. The maximum atomic E-state index is 3.66. The minimum atomic E-state index is 0.472. The van der Waals surface area contributed by atoms with E-state index in [1.807, 2.05) is 0 Å². The molecule has 2 unspecified atom stereocenters. The predicted molar refractivity (Wildman–Crippen MR) is 91.9 cm³/mol. The third-order valence-electron chi connectivity index (χ3n) is 4.42. The van der Waals surface area contributed by atoms with Crippen molar-refractivity contribution in [1.82, 2.24) is 5.32 Å². The van der Waals surface area contributed by atoms with E-state index >= 15 is 0 Å². The average Bonchev–Trinajstić information content (AvgIpc) is 2.50. The summed E-state index contributed by atoms with van der Waals surface area (Å²) in [5.41, 5.74) is 5.59. The highest BCUT2D eigenvalue weighted by atomic mass is 14.9. The van der Waals surface area contributed by atoms with E-state index in [9.17, 15) is 0 Å². The summed E-state index contributed by atoms with van der Waals surface area (Å²) in [7, 11) is 0. The van der Waals surface area contributed by atoms with Gasteiger partial charge in [0.25, 0.3) is 0 Å². The number of likely N-dealkylation sites (N-methyl/N-ethyl adjacent to an activating group) is 1. The fraction of sp³-hybridized carbons (Fsp3) is 0.400. The summed E-state index contributed by atoms with van der Waals surface area (Å²) in [4.78, 5) is 0. The molecular weight excluding hydrogens is 254 g/mol. The molecule has 1 N–H and O–H groups in total. The summed E-state index contributed by atoms with van der Waals surface area (Å²) in [6.45, 7) is 9.89. The van der Waals surface area contributed by atoms with Crippen molar-refractivity contribution < 1.29 is 0 Å². The highest BCUT2D eigenvalue weighted by molar-refractivity contribution is 5.31. The summed E-state index contributed by atoms with van der Waals surface area (Å²) in [6, 6.07) is 18.1. The van der Waals surface area contributed by atoms with Crippen molar-refractivity contribution in [3.05, 3.63) is 70.8 Å². The standard InChI is InChI=1S/C20H27N/c1-5-21-20(17(4)19-9-7-6-8-10-19)14-18-12-11-15(2)16(3)13-18/h6-13,17,20-21H,5,14H2,1-4H3. The topological polar surface area (TPSA) is 12.0 Å². The molecule has 21 heavy (non-hydrogen) atoms. The Bertz CT molecular complexity index is 559. The van der Waals surface area contributed by atoms with Gasteiger partial charge < -0.3 is 5.32 Å². The summed E-state index contributed by atoms with van der Waals surface area (Å²) < 4.78 is 0. The molecule has 2 aromatic rings. The van der Waals surface area contributed by atoms with Crippen LogP contribution in [0.2, 0.25) is 0 Å². The first-order chi connectivity index (χ1) is 10.1. The molecule has 2 rings (SSSR count). The van der Waals surface area contributed by atoms with Gasteiger partial charge in [-0.2, -0.15) is 0 Å². The molecule has 0 fully saturated rings. The lowest BCUT2D eigenvalue weighted by atomic mass is 9.88. The zero-order chi connectivity index (χ0) is 15.2. The van der Waals surface area contributed by atoms with Crippen molar-refractivity contribution in [1.29, 1.82) is 0 Å². The first kappa shape index (κ1) is 15.8. The van der Waals surface area contributed by atoms with Gasteiger partial charge in [0.2, 0.25) is 0 Å². The number of rotatable bonds is 6. The van der Waals surface area contributed by atoms with Crippen molar-refractivity contribution in [2.45, 2.75) is 46.1 Å². The predicted octanol–water partition coefficient (Wildman–Crippen LogP) is 4.63. The fourth-order valence-corrected chi connectivity index (χ4v) is 2.86. The van der Waals surface area contributed by atoms with Gasteiger partial charge in [-0.15, -0.1) is 0 Å². The van der Waals surface area contributed by atoms with Crippen LogP contribution in [0, 0.1) is 13.8 Å². The van der Waals surface area contributed by atoms with Crippen molar-refractivity contribution in [3.8, 4) is 0 Å². The van der Waals surface area contributed by atoms with Crippen LogP contribution < -0.4 is 5.32 Å². The van der Waals surface area contributed by atoms with E-state index in [4.69, 9.17) is 0 Å². The molecule has 0 spiro atoms. The van der Waals surface area contributed by atoms with E-state index in [0.29, 0.717) is 12.0 Å². The molecule has 1 nitrogen and oxygen atoms in total. The van der Waals surface area contributed by atoms with Crippen LogP contribution in [-0.4, -0.2) is 12.6 Å². The van der Waals surface area contributed by atoms with Crippen molar-refractivity contribution in [2.75, 3.05) is 6.54 Å². The van der Waals surface area contributed by atoms with Crippen molar-refractivity contribution in [2.24, 2.45) is 0 Å². The third-order valence-corrected chi connectivity index (χ3v) is 4.42. The Hall–Kier alpha value is -1.60. The molecule has 2 aromatic carbocycles. The Labute approximate surface area is 129 Å². The van der Waals surface area contributed by atoms with Gasteiger partial charge >= 0.3 is 0 Å². The average molecular weight is 281 g/mol. The molecule has 2 atom stereocenters. The van der Waals surface area contributed by atoms with Gasteiger partial charge in [0, 0.05) is 6.04 Å². The summed E-state index contributed by atoms with van der Waals surface area (Å²) >= 11 is 0. The molecule has 0 radical (unpaired) electrons. The zero-order valence-electron chi connectivity index (χ0n) is 13.7. The molecule has 0 aliphatic carbocycles. The SMILES string of the molecule is CCNC(Cc1ccc(C)c(C)c1)C(C)c1ccccc1. The number of nitrogens with one attached hydrogen (secondary N) is 1. The largest absolute Gasteiger partial charge is 0.313 e. The molecule has 0 aromatic heterocycles. The van der Waals surface area contributed by atoms with Crippen LogP contribution in [-0.2, 0) is 6.42 Å². The number of hydrogen-bond donors (Lipinski definition) is 1. The number of aryl methyl sites for hydroxylation is 2. The lowest BCUT2D eigenvalue weighted by Gasteiger charge is -2.25. The zero-order valence-corrected chi connectivity index (χ0v) is 13.7. The highest BCUT2D eigenvalue weighted by Gasteiger charge is 2.18. The van der Waals surface area contributed by atoms with Crippen LogP contribution in [0.25, 0.3) is 0 Å². The van der Waals surface area contributed by atoms with Crippen LogP contribution >= 0.6 is 0 Å². The molecule has 0 aliphatic rings. The third kappa shape index (κ3) is 4.18. The molecule has 0 amide bonds. The molecule has 0 aliphatic heterocycles.